The molecule has 0 spiro atoms. The Kier molecular flexibility index (Phi) is 9.06. The number of unbranched alkanes of at least 4 members (excludes halogenated alkanes) is 4. The first-order chi connectivity index (χ1) is 13.1. The molecule has 1 heterocycles. The molecule has 1 fully saturated rings. The van der Waals surface area contributed by atoms with E-state index < -0.39 is 8.32 Å². The Morgan fingerprint density at radius 2 is 1.59 bits per heavy atom. The fourth-order valence-corrected chi connectivity index (χ4v) is 4.48. The van der Waals surface area contributed by atoms with Crippen molar-refractivity contribution in [1.29, 1.82) is 0 Å². The van der Waals surface area contributed by atoms with Gasteiger partial charge in [-0.05, 0) is 76.6 Å². The summed E-state index contributed by atoms with van der Waals surface area (Å²) in [7, 11) is -2.28. The predicted molar refractivity (Wildman–Crippen MR) is 130 cm³/mol. The summed E-state index contributed by atoms with van der Waals surface area (Å²) in [5.74, 6) is 0. The first-order valence-electron chi connectivity index (χ1n) is 11.5. The van der Waals surface area contributed by atoms with Crippen molar-refractivity contribution >= 4 is 15.4 Å². The van der Waals surface area contributed by atoms with Gasteiger partial charge in [-0.25, -0.2) is 0 Å². The molecule has 0 radical (unpaired) electrons. The maximum Gasteiger partial charge on any atom is 0.494 e. The number of allylic oxidation sites excluding steroid dienone is 1. The maximum atomic E-state index is 6.64. The summed E-state index contributed by atoms with van der Waals surface area (Å²) in [6.45, 7) is 28.6. The Bertz CT molecular complexity index is 571. The second-order valence-corrected chi connectivity index (χ2v) is 15.9. The lowest BCUT2D eigenvalue weighted by Crippen LogP contribution is -2.44. The molecule has 0 saturated carbocycles. The van der Waals surface area contributed by atoms with E-state index in [4.69, 9.17) is 13.7 Å². The summed E-state index contributed by atoms with van der Waals surface area (Å²) in [6, 6.07) is 0. The van der Waals surface area contributed by atoms with Crippen LogP contribution in [0.2, 0.25) is 18.1 Å². The summed E-state index contributed by atoms with van der Waals surface area (Å²) < 4.78 is 19.4. The van der Waals surface area contributed by atoms with Gasteiger partial charge in [-0.1, -0.05) is 59.6 Å². The molecule has 0 aromatic heterocycles. The third kappa shape index (κ3) is 6.81. The van der Waals surface area contributed by atoms with Gasteiger partial charge < -0.3 is 13.7 Å². The predicted octanol–water partition coefficient (Wildman–Crippen LogP) is 7.48. The number of rotatable bonds is 10. The molecule has 0 aromatic rings. The van der Waals surface area contributed by atoms with Crippen molar-refractivity contribution in [3.63, 3.8) is 0 Å². The molecule has 1 saturated heterocycles. The minimum Gasteiger partial charge on any atom is -0.410 e. The van der Waals surface area contributed by atoms with Crippen LogP contribution in [0.4, 0.5) is 0 Å². The quantitative estimate of drug-likeness (QED) is 0.207. The number of hydrogen-bond donors (Lipinski definition) is 0. The Hall–Kier alpha value is -0.358. The third-order valence-corrected chi connectivity index (χ3v) is 11.6. The molecule has 1 rings (SSSR count). The van der Waals surface area contributed by atoms with Crippen LogP contribution in [-0.4, -0.2) is 32.7 Å². The molecule has 0 aromatic carbocycles. The minimum atomic E-state index is -1.89. The van der Waals surface area contributed by atoms with Gasteiger partial charge in [-0.2, -0.15) is 0 Å². The van der Waals surface area contributed by atoms with Crippen LogP contribution in [-0.2, 0) is 13.7 Å². The summed E-state index contributed by atoms with van der Waals surface area (Å²) in [5, 5.41) is 0.163. The van der Waals surface area contributed by atoms with Crippen molar-refractivity contribution in [3.05, 3.63) is 23.7 Å². The van der Waals surface area contributed by atoms with Crippen LogP contribution in [0.5, 0.6) is 0 Å². The summed E-state index contributed by atoms with van der Waals surface area (Å²) in [5.41, 5.74) is 1.33. The second-order valence-electron chi connectivity index (χ2n) is 11.1. The van der Waals surface area contributed by atoms with Crippen LogP contribution >= 0.6 is 0 Å². The molecule has 1 aliphatic rings. The van der Waals surface area contributed by atoms with E-state index in [2.05, 4.69) is 88.1 Å². The highest BCUT2D eigenvalue weighted by molar-refractivity contribution is 6.74. The molecule has 1 aliphatic heterocycles. The van der Waals surface area contributed by atoms with Crippen molar-refractivity contribution in [2.75, 3.05) is 0 Å². The van der Waals surface area contributed by atoms with E-state index in [1.54, 1.807) is 0 Å². The smallest absolute Gasteiger partial charge is 0.410 e. The average Bonchev–Trinajstić information content (AvgIpc) is 2.76. The second kappa shape index (κ2) is 9.84. The summed E-state index contributed by atoms with van der Waals surface area (Å²) in [4.78, 5) is 0. The maximum absolute atomic E-state index is 6.64. The molecule has 1 atom stereocenters. The molecule has 3 nitrogen and oxygen atoms in total. The topological polar surface area (TPSA) is 27.7 Å². The fraction of sp³-hybridized carbons (Fsp3) is 0.833. The van der Waals surface area contributed by atoms with E-state index in [0.29, 0.717) is 0 Å². The zero-order valence-corrected chi connectivity index (χ0v) is 22.2. The van der Waals surface area contributed by atoms with Gasteiger partial charge in [0.05, 0.1) is 17.3 Å². The highest BCUT2D eigenvalue weighted by Gasteiger charge is 2.53. The molecule has 5 heteroatoms. The molecule has 0 N–H and O–H groups in total. The Balaban J connectivity index is 3.05. The monoisotopic (exact) mass is 422 g/mol. The lowest BCUT2D eigenvalue weighted by atomic mass is 9.72. The molecule has 0 bridgehead atoms. The molecular formula is C24H47BO3Si. The Morgan fingerprint density at radius 1 is 1.07 bits per heavy atom. The Morgan fingerprint density at radius 3 is 2.03 bits per heavy atom. The normalized spacial score (nSPS) is 20.8. The van der Waals surface area contributed by atoms with E-state index in [9.17, 15) is 0 Å². The van der Waals surface area contributed by atoms with Gasteiger partial charge in [0.1, 0.15) is 0 Å². The van der Waals surface area contributed by atoms with E-state index in [1.807, 2.05) is 0 Å². The zero-order valence-electron chi connectivity index (χ0n) is 21.2. The van der Waals surface area contributed by atoms with Crippen molar-refractivity contribution in [1.82, 2.24) is 0 Å². The van der Waals surface area contributed by atoms with Crippen LogP contribution in [0.3, 0.4) is 0 Å². The van der Waals surface area contributed by atoms with Gasteiger partial charge in [0.25, 0.3) is 0 Å². The standard InChI is InChI=1S/C24H47BO3Si/c1-13-14-15-16-17-18-21(25-27-23(7,8)24(9,10)28-25)19(2)20(3)26-29(11,12)22(4,5)6/h18,20H,2,13-17H2,1,3-12H3/b21-18-. The van der Waals surface area contributed by atoms with Crippen molar-refractivity contribution in [2.45, 2.75) is 130 Å². The molecule has 0 aliphatic carbocycles. The third-order valence-electron chi connectivity index (χ3n) is 7.07. The zero-order chi connectivity index (χ0) is 22.7. The van der Waals surface area contributed by atoms with Crippen LogP contribution < -0.4 is 0 Å². The fourth-order valence-electron chi connectivity index (χ4n) is 3.10. The SMILES string of the molecule is C=C(/C(=C/CCCCCC)B1OC(C)(C)C(C)(C)O1)C(C)O[Si](C)(C)C(C)(C)C. The van der Waals surface area contributed by atoms with Gasteiger partial charge in [0, 0.05) is 0 Å². The van der Waals surface area contributed by atoms with Crippen LogP contribution in [0.15, 0.2) is 23.7 Å². The van der Waals surface area contributed by atoms with Gasteiger partial charge in [0.2, 0.25) is 0 Å². The van der Waals surface area contributed by atoms with E-state index in [-0.39, 0.29) is 29.5 Å². The molecule has 29 heavy (non-hydrogen) atoms. The van der Waals surface area contributed by atoms with Crippen molar-refractivity contribution in [3.8, 4) is 0 Å². The van der Waals surface area contributed by atoms with Crippen LogP contribution in [0.1, 0.15) is 94.4 Å². The first-order valence-corrected chi connectivity index (χ1v) is 14.4. The highest BCUT2D eigenvalue weighted by atomic mass is 28.4. The van der Waals surface area contributed by atoms with Crippen LogP contribution in [0, 0.1) is 0 Å². The lowest BCUT2D eigenvalue weighted by Gasteiger charge is -2.39. The number of hydrogen-bond acceptors (Lipinski definition) is 3. The average molecular weight is 423 g/mol. The summed E-state index contributed by atoms with van der Waals surface area (Å²) in [6.07, 6.45) is 8.21. The van der Waals surface area contributed by atoms with Gasteiger partial charge >= 0.3 is 7.12 Å². The van der Waals surface area contributed by atoms with E-state index >= 15 is 0 Å². The molecular weight excluding hydrogens is 375 g/mol. The first kappa shape index (κ1) is 26.7. The highest BCUT2D eigenvalue weighted by Crippen LogP contribution is 2.42. The van der Waals surface area contributed by atoms with Crippen LogP contribution in [0.25, 0.3) is 0 Å². The van der Waals surface area contributed by atoms with Gasteiger partial charge in [-0.3, -0.25) is 0 Å². The Labute approximate surface area is 182 Å². The summed E-state index contributed by atoms with van der Waals surface area (Å²) >= 11 is 0. The van der Waals surface area contributed by atoms with Crippen molar-refractivity contribution < 1.29 is 13.7 Å². The van der Waals surface area contributed by atoms with Crippen molar-refractivity contribution in [2.24, 2.45) is 0 Å². The van der Waals surface area contributed by atoms with E-state index in [1.165, 1.54) is 25.7 Å². The van der Waals surface area contributed by atoms with Gasteiger partial charge in [-0.15, -0.1) is 0 Å². The lowest BCUT2D eigenvalue weighted by molar-refractivity contribution is 0.00578. The molecule has 0 amide bonds. The van der Waals surface area contributed by atoms with Gasteiger partial charge in [0.15, 0.2) is 8.32 Å². The largest absolute Gasteiger partial charge is 0.494 e. The molecule has 168 valence electrons. The minimum absolute atomic E-state index is 0.0585. The van der Waals surface area contributed by atoms with E-state index in [0.717, 1.165) is 17.5 Å². The molecule has 1 unspecified atom stereocenters.